The summed E-state index contributed by atoms with van der Waals surface area (Å²) in [5.41, 5.74) is 0. The van der Waals surface area contributed by atoms with Crippen molar-refractivity contribution in [3.8, 4) is 0 Å². The van der Waals surface area contributed by atoms with E-state index in [0.717, 1.165) is 0 Å². The molecule has 0 aliphatic rings. The van der Waals surface area contributed by atoms with Crippen molar-refractivity contribution < 1.29 is 17.2 Å². The monoisotopic (exact) mass is 206 g/mol. The van der Waals surface area contributed by atoms with E-state index in [9.17, 15) is 17.2 Å². The summed E-state index contributed by atoms with van der Waals surface area (Å²) in [6.45, 7) is 1.31. The highest BCUT2D eigenvalue weighted by Crippen LogP contribution is 2.15. The lowest BCUT2D eigenvalue weighted by Gasteiger charge is -2.05. The van der Waals surface area contributed by atoms with Gasteiger partial charge in [-0.25, -0.2) is 17.2 Å². The number of halogens is 3. The predicted octanol–water partition coefficient (Wildman–Crippen LogP) is 1.99. The Bertz CT molecular complexity index is 203. The zero-order valence-corrected chi connectivity index (χ0v) is 7.50. The van der Waals surface area contributed by atoms with Gasteiger partial charge in [-0.2, -0.15) is 0 Å². The van der Waals surface area contributed by atoms with Gasteiger partial charge in [0.15, 0.2) is 0 Å². The number of hydrogen-bond acceptors (Lipinski definition) is 2. The van der Waals surface area contributed by atoms with Crippen LogP contribution in [-0.2, 0) is 9.05 Å². The summed E-state index contributed by atoms with van der Waals surface area (Å²) >= 11 is 0. The molecule has 0 aliphatic heterocycles. The zero-order valence-electron chi connectivity index (χ0n) is 5.93. The second-order valence-electron chi connectivity index (χ2n) is 2.25. The molecule has 0 bridgehead atoms. The zero-order chi connectivity index (χ0) is 9.07. The molecule has 0 N–H and O–H groups in total. The number of hydrogen-bond donors (Lipinski definition) is 0. The Hall–Kier alpha value is 0.1000. The quantitative estimate of drug-likeness (QED) is 0.660. The predicted molar refractivity (Wildman–Crippen MR) is 39.5 cm³/mol. The topological polar surface area (TPSA) is 34.1 Å². The van der Waals surface area contributed by atoms with E-state index >= 15 is 0 Å². The fraction of sp³-hybridized carbons (Fsp3) is 1.00. The van der Waals surface area contributed by atoms with Crippen LogP contribution in [0, 0.1) is 0 Å². The van der Waals surface area contributed by atoms with Crippen LogP contribution in [0.3, 0.4) is 0 Å². The molecule has 0 unspecified atom stereocenters. The van der Waals surface area contributed by atoms with E-state index in [-0.39, 0.29) is 6.42 Å². The lowest BCUT2D eigenvalue weighted by atomic mass is 10.2. The average Bonchev–Trinajstić information content (AvgIpc) is 1.80. The Morgan fingerprint density at radius 2 is 1.82 bits per heavy atom. The molecule has 0 radical (unpaired) electrons. The van der Waals surface area contributed by atoms with Crippen LogP contribution < -0.4 is 0 Å². The van der Waals surface area contributed by atoms with Crippen LogP contribution in [-0.4, -0.2) is 20.1 Å². The highest BCUT2D eigenvalue weighted by Gasteiger charge is 2.18. The van der Waals surface area contributed by atoms with Gasteiger partial charge in [0.1, 0.15) is 0 Å². The Morgan fingerprint density at radius 1 is 1.36 bits per heavy atom. The molecule has 6 heteroatoms. The maximum absolute atomic E-state index is 11.5. The SMILES string of the molecule is C[C@H](CCC(F)F)S(=O)(=O)Cl. The maximum atomic E-state index is 11.5. The lowest BCUT2D eigenvalue weighted by Crippen LogP contribution is -2.12. The Balaban J connectivity index is 3.81. The molecule has 11 heavy (non-hydrogen) atoms. The van der Waals surface area contributed by atoms with Crippen molar-refractivity contribution >= 4 is 19.7 Å². The van der Waals surface area contributed by atoms with Crippen molar-refractivity contribution in [1.29, 1.82) is 0 Å². The van der Waals surface area contributed by atoms with Crippen LogP contribution in [0.15, 0.2) is 0 Å². The first kappa shape index (κ1) is 11.1. The van der Waals surface area contributed by atoms with Gasteiger partial charge in [-0.3, -0.25) is 0 Å². The standard InChI is InChI=1S/C5H9ClF2O2S/c1-4(11(6,9)10)2-3-5(7)8/h4-5H,2-3H2,1H3/t4-/m1/s1. The molecular weight excluding hydrogens is 198 g/mol. The summed E-state index contributed by atoms with van der Waals surface area (Å²) in [5, 5.41) is -0.891. The summed E-state index contributed by atoms with van der Waals surface area (Å²) in [4.78, 5) is 0. The maximum Gasteiger partial charge on any atom is 0.238 e. The Morgan fingerprint density at radius 3 is 2.09 bits per heavy atom. The van der Waals surface area contributed by atoms with Crippen molar-refractivity contribution in [2.75, 3.05) is 0 Å². The van der Waals surface area contributed by atoms with Gasteiger partial charge in [0, 0.05) is 17.1 Å². The molecule has 0 heterocycles. The highest BCUT2D eigenvalue weighted by molar-refractivity contribution is 8.14. The molecule has 2 nitrogen and oxygen atoms in total. The Kier molecular flexibility index (Phi) is 4.25. The van der Waals surface area contributed by atoms with Crippen LogP contribution in [0.4, 0.5) is 8.78 Å². The van der Waals surface area contributed by atoms with E-state index in [1.54, 1.807) is 0 Å². The first-order valence-electron chi connectivity index (χ1n) is 3.05. The molecule has 0 amide bonds. The number of alkyl halides is 2. The Labute approximate surface area is 69.0 Å². The van der Waals surface area contributed by atoms with Crippen molar-refractivity contribution in [2.24, 2.45) is 0 Å². The van der Waals surface area contributed by atoms with Gasteiger partial charge in [-0.15, -0.1) is 0 Å². The summed E-state index contributed by atoms with van der Waals surface area (Å²) in [6, 6.07) is 0. The van der Waals surface area contributed by atoms with E-state index < -0.39 is 27.1 Å². The van der Waals surface area contributed by atoms with Crippen LogP contribution in [0.1, 0.15) is 19.8 Å². The summed E-state index contributed by atoms with van der Waals surface area (Å²) in [6.07, 6.45) is -2.98. The third-order valence-corrected chi connectivity index (χ3v) is 3.38. The van der Waals surface area contributed by atoms with Gasteiger partial charge in [0.2, 0.25) is 15.5 Å². The van der Waals surface area contributed by atoms with E-state index in [1.807, 2.05) is 0 Å². The second-order valence-corrected chi connectivity index (χ2v) is 5.30. The van der Waals surface area contributed by atoms with Gasteiger partial charge in [-0.1, -0.05) is 0 Å². The molecule has 0 aromatic carbocycles. The molecule has 0 saturated carbocycles. The molecule has 0 aliphatic carbocycles. The lowest BCUT2D eigenvalue weighted by molar-refractivity contribution is 0.135. The van der Waals surface area contributed by atoms with Crippen LogP contribution in [0.25, 0.3) is 0 Å². The summed E-state index contributed by atoms with van der Waals surface area (Å²) in [7, 11) is 1.23. The third-order valence-electron chi connectivity index (χ3n) is 1.27. The summed E-state index contributed by atoms with van der Waals surface area (Å²) in [5.74, 6) is 0. The van der Waals surface area contributed by atoms with Gasteiger partial charge < -0.3 is 0 Å². The van der Waals surface area contributed by atoms with Crippen molar-refractivity contribution in [2.45, 2.75) is 31.4 Å². The van der Waals surface area contributed by atoms with Gasteiger partial charge in [-0.05, 0) is 13.3 Å². The molecule has 68 valence electrons. The number of rotatable bonds is 4. The minimum absolute atomic E-state index is 0.0938. The van der Waals surface area contributed by atoms with Crippen LogP contribution in [0.2, 0.25) is 0 Å². The van der Waals surface area contributed by atoms with E-state index in [0.29, 0.717) is 0 Å². The van der Waals surface area contributed by atoms with E-state index in [2.05, 4.69) is 0 Å². The smallest absolute Gasteiger partial charge is 0.212 e. The summed E-state index contributed by atoms with van der Waals surface area (Å²) < 4.78 is 44.0. The molecule has 0 saturated heterocycles. The third kappa shape index (κ3) is 5.38. The van der Waals surface area contributed by atoms with Gasteiger partial charge in [0.05, 0.1) is 5.25 Å². The second kappa shape index (κ2) is 4.21. The minimum atomic E-state index is -3.66. The molecule has 1 atom stereocenters. The first-order chi connectivity index (χ1) is 4.84. The average molecular weight is 207 g/mol. The fourth-order valence-electron chi connectivity index (χ4n) is 0.501. The van der Waals surface area contributed by atoms with E-state index in [1.165, 1.54) is 6.92 Å². The van der Waals surface area contributed by atoms with Crippen molar-refractivity contribution in [1.82, 2.24) is 0 Å². The van der Waals surface area contributed by atoms with Crippen LogP contribution in [0.5, 0.6) is 0 Å². The molecule has 0 aromatic heterocycles. The molecule has 0 spiro atoms. The molecule has 0 rings (SSSR count). The normalized spacial score (nSPS) is 15.4. The van der Waals surface area contributed by atoms with E-state index in [4.69, 9.17) is 10.7 Å². The highest BCUT2D eigenvalue weighted by atomic mass is 35.7. The first-order valence-corrected chi connectivity index (χ1v) is 5.43. The van der Waals surface area contributed by atoms with Crippen molar-refractivity contribution in [3.05, 3.63) is 0 Å². The van der Waals surface area contributed by atoms with Crippen molar-refractivity contribution in [3.63, 3.8) is 0 Å². The van der Waals surface area contributed by atoms with Gasteiger partial charge >= 0.3 is 0 Å². The largest absolute Gasteiger partial charge is 0.238 e. The van der Waals surface area contributed by atoms with Gasteiger partial charge in [0.25, 0.3) is 0 Å². The van der Waals surface area contributed by atoms with Crippen LogP contribution >= 0.6 is 10.7 Å². The molecule has 0 aromatic rings. The minimum Gasteiger partial charge on any atom is -0.212 e. The molecule has 0 fully saturated rings. The molecular formula is C5H9ClF2O2S. The fourth-order valence-corrected chi connectivity index (χ4v) is 1.19.